The summed E-state index contributed by atoms with van der Waals surface area (Å²) >= 11 is 0. The Hall–Kier alpha value is -2.41. The number of carbonyl (C=O) groups excluding carboxylic acids is 1. The number of pyridine rings is 1. The summed E-state index contributed by atoms with van der Waals surface area (Å²) in [6.07, 6.45) is 1.90. The molecule has 2 aromatic rings. The summed E-state index contributed by atoms with van der Waals surface area (Å²) < 4.78 is 0. The molecule has 0 unspecified atom stereocenters. The van der Waals surface area contributed by atoms with Crippen LogP contribution in [0.25, 0.3) is 0 Å². The number of β-amino-alcohol motifs (C(OH)–C–C–N with tert-alkyl or cyclic N) is 1. The Kier molecular flexibility index (Phi) is 4.29. The molecule has 0 spiro atoms. The average molecular weight is 315 g/mol. The predicted molar refractivity (Wildman–Crippen MR) is 86.4 cm³/mol. The zero-order valence-corrected chi connectivity index (χ0v) is 13.3. The van der Waals surface area contributed by atoms with Crippen LogP contribution in [0.3, 0.4) is 0 Å². The molecular weight excluding hydrogens is 294 g/mol. The molecule has 3 N–H and O–H groups in total. The zero-order valence-electron chi connectivity index (χ0n) is 13.3. The number of aliphatic hydroxyl groups excluding tert-OH is 1. The Bertz CT molecular complexity index is 699. The first-order valence-electron chi connectivity index (χ1n) is 7.69. The third-order valence-corrected chi connectivity index (χ3v) is 4.19. The molecule has 3 heterocycles. The number of amides is 1. The third-order valence-electron chi connectivity index (χ3n) is 4.19. The second-order valence-corrected chi connectivity index (χ2v) is 5.93. The number of anilines is 1. The van der Waals surface area contributed by atoms with Crippen molar-refractivity contribution in [3.63, 3.8) is 0 Å². The van der Waals surface area contributed by atoms with E-state index in [-0.39, 0.29) is 11.8 Å². The van der Waals surface area contributed by atoms with Crippen molar-refractivity contribution >= 4 is 11.7 Å². The number of hydrogen-bond donors (Lipinski definition) is 3. The van der Waals surface area contributed by atoms with Gasteiger partial charge in [-0.05, 0) is 31.5 Å². The van der Waals surface area contributed by atoms with Gasteiger partial charge in [-0.1, -0.05) is 0 Å². The number of H-pyrrole nitrogens is 1. The van der Waals surface area contributed by atoms with Gasteiger partial charge in [-0.25, -0.2) is 4.98 Å². The summed E-state index contributed by atoms with van der Waals surface area (Å²) in [5, 5.41) is 20.2. The minimum atomic E-state index is -0.466. The SMILES string of the molecule is CNC(=O)c1cccnc1N1C[C@@H](Cc2cc(C)[nH]n2)[C@H](O)C1. The number of aromatic amines is 1. The lowest BCUT2D eigenvalue weighted by atomic mass is 10.0. The van der Waals surface area contributed by atoms with Gasteiger partial charge in [0.2, 0.25) is 0 Å². The van der Waals surface area contributed by atoms with Gasteiger partial charge in [-0.15, -0.1) is 0 Å². The van der Waals surface area contributed by atoms with Crippen LogP contribution in [0, 0.1) is 12.8 Å². The van der Waals surface area contributed by atoms with Crippen LogP contribution in [0.15, 0.2) is 24.4 Å². The Morgan fingerprint density at radius 3 is 3.04 bits per heavy atom. The van der Waals surface area contributed by atoms with E-state index in [1.54, 1.807) is 25.4 Å². The molecule has 0 aliphatic carbocycles. The summed E-state index contributed by atoms with van der Waals surface area (Å²) in [6.45, 7) is 3.07. The number of rotatable bonds is 4. The molecule has 1 saturated heterocycles. The highest BCUT2D eigenvalue weighted by molar-refractivity contribution is 5.98. The van der Waals surface area contributed by atoms with E-state index in [2.05, 4.69) is 20.5 Å². The fraction of sp³-hybridized carbons (Fsp3) is 0.438. The molecule has 3 rings (SSSR count). The molecule has 7 heteroatoms. The molecule has 0 aromatic carbocycles. The van der Waals surface area contributed by atoms with E-state index in [1.807, 2.05) is 17.9 Å². The van der Waals surface area contributed by atoms with Gasteiger partial charge >= 0.3 is 0 Å². The summed E-state index contributed by atoms with van der Waals surface area (Å²) in [7, 11) is 1.60. The van der Waals surface area contributed by atoms with Gasteiger partial charge in [-0.3, -0.25) is 9.89 Å². The molecule has 2 atom stereocenters. The Morgan fingerprint density at radius 1 is 1.52 bits per heavy atom. The first kappa shape index (κ1) is 15.5. The number of hydrogen-bond acceptors (Lipinski definition) is 5. The highest BCUT2D eigenvalue weighted by Crippen LogP contribution is 2.27. The predicted octanol–water partition coefficient (Wildman–Crippen LogP) is 0.513. The number of nitrogens with one attached hydrogen (secondary N) is 2. The normalized spacial score (nSPS) is 20.7. The van der Waals surface area contributed by atoms with Gasteiger partial charge in [-0.2, -0.15) is 5.10 Å². The fourth-order valence-corrected chi connectivity index (χ4v) is 3.04. The molecule has 0 saturated carbocycles. The smallest absolute Gasteiger partial charge is 0.254 e. The molecular formula is C16H21N5O2. The van der Waals surface area contributed by atoms with Gasteiger partial charge in [0.25, 0.3) is 5.91 Å². The van der Waals surface area contributed by atoms with Gasteiger partial charge in [0.15, 0.2) is 0 Å². The van der Waals surface area contributed by atoms with Crippen LogP contribution >= 0.6 is 0 Å². The summed E-state index contributed by atoms with van der Waals surface area (Å²) in [4.78, 5) is 18.3. The number of carbonyl (C=O) groups is 1. The van der Waals surface area contributed by atoms with Crippen LogP contribution < -0.4 is 10.2 Å². The maximum absolute atomic E-state index is 12.0. The first-order valence-corrected chi connectivity index (χ1v) is 7.69. The molecule has 7 nitrogen and oxygen atoms in total. The van der Waals surface area contributed by atoms with Crippen LogP contribution in [-0.2, 0) is 6.42 Å². The lowest BCUT2D eigenvalue weighted by Crippen LogP contribution is -2.27. The molecule has 1 aliphatic rings. The Labute approximate surface area is 134 Å². The van der Waals surface area contributed by atoms with Crippen LogP contribution in [0.5, 0.6) is 0 Å². The van der Waals surface area contributed by atoms with E-state index in [4.69, 9.17) is 0 Å². The van der Waals surface area contributed by atoms with Crippen molar-refractivity contribution in [3.05, 3.63) is 41.3 Å². The quantitative estimate of drug-likeness (QED) is 0.764. The lowest BCUT2D eigenvalue weighted by Gasteiger charge is -2.19. The van der Waals surface area contributed by atoms with Crippen LogP contribution in [-0.4, -0.2) is 52.4 Å². The minimum absolute atomic E-state index is 0.0669. The lowest BCUT2D eigenvalue weighted by molar-refractivity contribution is 0.0963. The molecule has 1 aliphatic heterocycles. The second kappa shape index (κ2) is 6.37. The molecule has 1 amide bonds. The average Bonchev–Trinajstić information content (AvgIpc) is 3.13. The molecule has 0 bridgehead atoms. The number of aliphatic hydroxyl groups is 1. The van der Waals surface area contributed by atoms with Crippen molar-refractivity contribution in [2.24, 2.45) is 5.92 Å². The van der Waals surface area contributed by atoms with Crippen LogP contribution in [0.2, 0.25) is 0 Å². The van der Waals surface area contributed by atoms with Crippen molar-refractivity contribution in [1.82, 2.24) is 20.5 Å². The van der Waals surface area contributed by atoms with Gasteiger partial charge < -0.3 is 15.3 Å². The van der Waals surface area contributed by atoms with E-state index in [9.17, 15) is 9.90 Å². The number of aromatic nitrogens is 3. The largest absolute Gasteiger partial charge is 0.391 e. The maximum Gasteiger partial charge on any atom is 0.254 e. The van der Waals surface area contributed by atoms with E-state index in [0.717, 1.165) is 11.4 Å². The van der Waals surface area contributed by atoms with E-state index in [0.29, 0.717) is 30.9 Å². The number of aryl methyl sites for hydroxylation is 1. The van der Waals surface area contributed by atoms with E-state index in [1.165, 1.54) is 0 Å². The first-order chi connectivity index (χ1) is 11.1. The Morgan fingerprint density at radius 2 is 2.35 bits per heavy atom. The highest BCUT2D eigenvalue weighted by atomic mass is 16.3. The minimum Gasteiger partial charge on any atom is -0.391 e. The van der Waals surface area contributed by atoms with Crippen LogP contribution in [0.1, 0.15) is 21.7 Å². The molecule has 122 valence electrons. The monoisotopic (exact) mass is 315 g/mol. The summed E-state index contributed by atoms with van der Waals surface area (Å²) in [5.41, 5.74) is 2.48. The van der Waals surface area contributed by atoms with E-state index >= 15 is 0 Å². The highest BCUT2D eigenvalue weighted by Gasteiger charge is 2.34. The van der Waals surface area contributed by atoms with Crippen molar-refractivity contribution in [2.45, 2.75) is 19.4 Å². The van der Waals surface area contributed by atoms with Gasteiger partial charge in [0.1, 0.15) is 5.82 Å². The Balaban J connectivity index is 1.77. The second-order valence-electron chi connectivity index (χ2n) is 5.93. The van der Waals surface area contributed by atoms with Gasteiger partial charge in [0.05, 0.1) is 17.4 Å². The maximum atomic E-state index is 12.0. The van der Waals surface area contributed by atoms with Gasteiger partial charge in [0, 0.05) is 37.9 Å². The topological polar surface area (TPSA) is 94.1 Å². The molecule has 23 heavy (non-hydrogen) atoms. The van der Waals surface area contributed by atoms with Crippen LogP contribution in [0.4, 0.5) is 5.82 Å². The summed E-state index contributed by atoms with van der Waals surface area (Å²) in [5.74, 6) is 0.512. The van der Waals surface area contributed by atoms with E-state index < -0.39 is 6.10 Å². The molecule has 1 fully saturated rings. The number of nitrogens with zero attached hydrogens (tertiary/aromatic N) is 3. The third kappa shape index (κ3) is 3.19. The molecule has 0 radical (unpaired) electrons. The van der Waals surface area contributed by atoms with Crippen molar-refractivity contribution in [1.29, 1.82) is 0 Å². The fourth-order valence-electron chi connectivity index (χ4n) is 3.04. The molecule has 2 aromatic heterocycles. The van der Waals surface area contributed by atoms with Crippen molar-refractivity contribution < 1.29 is 9.90 Å². The summed E-state index contributed by atoms with van der Waals surface area (Å²) in [6, 6.07) is 5.48. The standard InChI is InChI=1S/C16H21N5O2/c1-10-6-12(20-19-10)7-11-8-21(9-14(11)22)15-13(16(23)17-2)4-3-5-18-15/h3-6,11,14,22H,7-9H2,1-2H3,(H,17,23)(H,19,20)/t11-,14-/m1/s1. The zero-order chi connectivity index (χ0) is 16.4. The van der Waals surface area contributed by atoms with Crippen molar-refractivity contribution in [2.75, 3.05) is 25.0 Å². The van der Waals surface area contributed by atoms with Crippen molar-refractivity contribution in [3.8, 4) is 0 Å².